The Labute approximate surface area is 147 Å². The van der Waals surface area contributed by atoms with Crippen LogP contribution in [-0.2, 0) is 19.1 Å². The predicted molar refractivity (Wildman–Crippen MR) is 96.4 cm³/mol. The van der Waals surface area contributed by atoms with Gasteiger partial charge in [-0.15, -0.1) is 0 Å². The maximum atomic E-state index is 12.0. The van der Waals surface area contributed by atoms with Crippen molar-refractivity contribution in [2.75, 3.05) is 13.2 Å². The van der Waals surface area contributed by atoms with Crippen LogP contribution < -0.4 is 5.73 Å². The fraction of sp³-hybridized carbons (Fsp3) is 0.895. The van der Waals surface area contributed by atoms with E-state index in [1.54, 1.807) is 0 Å². The van der Waals surface area contributed by atoms with Crippen molar-refractivity contribution < 1.29 is 19.1 Å². The van der Waals surface area contributed by atoms with Crippen LogP contribution in [0.25, 0.3) is 0 Å². The maximum Gasteiger partial charge on any atom is 0.308 e. The van der Waals surface area contributed by atoms with Crippen LogP contribution in [0.15, 0.2) is 0 Å². The molecule has 0 aliphatic heterocycles. The molecule has 4 unspecified atom stereocenters. The second-order valence-corrected chi connectivity index (χ2v) is 8.11. The molecule has 0 fully saturated rings. The normalized spacial score (nSPS) is 16.8. The second-order valence-electron chi connectivity index (χ2n) is 8.11. The molecule has 5 nitrogen and oxygen atoms in total. The van der Waals surface area contributed by atoms with Gasteiger partial charge in [-0.3, -0.25) is 9.59 Å². The Hall–Kier alpha value is -1.10. The van der Waals surface area contributed by atoms with E-state index in [0.29, 0.717) is 19.6 Å². The van der Waals surface area contributed by atoms with E-state index in [0.717, 1.165) is 12.8 Å². The Morgan fingerprint density at radius 1 is 0.917 bits per heavy atom. The van der Waals surface area contributed by atoms with Gasteiger partial charge in [0.15, 0.2) is 0 Å². The minimum atomic E-state index is -0.377. The van der Waals surface area contributed by atoms with Crippen molar-refractivity contribution in [3.05, 3.63) is 0 Å². The van der Waals surface area contributed by atoms with Gasteiger partial charge >= 0.3 is 11.9 Å². The standard InChI is InChI=1S/C19H37NO4/c1-8-15(4)17(21)23-11-13(2)9-14(3)12-24-18(22)16(5)10-19(6,7)20/h13-16H,8-12,20H2,1-7H3. The van der Waals surface area contributed by atoms with Gasteiger partial charge in [-0.2, -0.15) is 0 Å². The molecule has 0 rings (SSSR count). The van der Waals surface area contributed by atoms with Gasteiger partial charge in [-0.25, -0.2) is 0 Å². The van der Waals surface area contributed by atoms with Crippen LogP contribution in [-0.4, -0.2) is 30.7 Å². The molecule has 0 aromatic heterocycles. The Bertz CT molecular complexity index is 389. The van der Waals surface area contributed by atoms with Gasteiger partial charge in [0.05, 0.1) is 25.0 Å². The molecule has 0 spiro atoms. The lowest BCUT2D eigenvalue weighted by Crippen LogP contribution is -2.36. The largest absolute Gasteiger partial charge is 0.465 e. The summed E-state index contributed by atoms with van der Waals surface area (Å²) in [5.41, 5.74) is 5.56. The van der Waals surface area contributed by atoms with Crippen LogP contribution >= 0.6 is 0 Å². The van der Waals surface area contributed by atoms with Crippen molar-refractivity contribution in [2.45, 2.75) is 73.3 Å². The van der Waals surface area contributed by atoms with Gasteiger partial charge in [0.2, 0.25) is 0 Å². The quantitative estimate of drug-likeness (QED) is 0.580. The number of hydrogen-bond acceptors (Lipinski definition) is 5. The van der Waals surface area contributed by atoms with Gasteiger partial charge in [-0.1, -0.05) is 34.6 Å². The molecule has 0 saturated carbocycles. The molecule has 0 amide bonds. The second kappa shape index (κ2) is 10.7. The number of hydrogen-bond donors (Lipinski definition) is 1. The lowest BCUT2D eigenvalue weighted by Gasteiger charge is -2.23. The number of rotatable bonds is 11. The molecule has 0 aromatic rings. The van der Waals surface area contributed by atoms with Crippen molar-refractivity contribution in [1.29, 1.82) is 0 Å². The Balaban J connectivity index is 4.06. The summed E-state index contributed by atoms with van der Waals surface area (Å²) >= 11 is 0. The highest BCUT2D eigenvalue weighted by Gasteiger charge is 2.23. The van der Waals surface area contributed by atoms with E-state index in [4.69, 9.17) is 15.2 Å². The van der Waals surface area contributed by atoms with E-state index in [1.165, 1.54) is 0 Å². The molecule has 4 atom stereocenters. The average Bonchev–Trinajstić information content (AvgIpc) is 2.47. The monoisotopic (exact) mass is 343 g/mol. The zero-order valence-corrected chi connectivity index (χ0v) is 16.6. The van der Waals surface area contributed by atoms with Crippen LogP contribution in [0, 0.1) is 23.7 Å². The van der Waals surface area contributed by atoms with Gasteiger partial charge in [-0.05, 0) is 44.9 Å². The molecule has 0 bridgehead atoms. The minimum Gasteiger partial charge on any atom is -0.465 e. The highest BCUT2D eigenvalue weighted by molar-refractivity contribution is 5.72. The molecular formula is C19H37NO4. The number of ether oxygens (including phenoxy) is 2. The SMILES string of the molecule is CCC(C)C(=O)OCC(C)CC(C)COC(=O)C(C)CC(C)(C)N. The molecule has 2 N–H and O–H groups in total. The van der Waals surface area contributed by atoms with Gasteiger partial charge in [0, 0.05) is 5.54 Å². The summed E-state index contributed by atoms with van der Waals surface area (Å²) in [6, 6.07) is 0. The third-order valence-electron chi connectivity index (χ3n) is 4.07. The lowest BCUT2D eigenvalue weighted by atomic mass is 9.93. The minimum absolute atomic E-state index is 0.0520. The third kappa shape index (κ3) is 10.6. The highest BCUT2D eigenvalue weighted by atomic mass is 16.5. The summed E-state index contributed by atoms with van der Waals surface area (Å²) in [6.45, 7) is 14.4. The molecular weight excluding hydrogens is 306 g/mol. The van der Waals surface area contributed by atoms with E-state index < -0.39 is 0 Å². The summed E-state index contributed by atoms with van der Waals surface area (Å²) in [5.74, 6) is -0.121. The van der Waals surface area contributed by atoms with E-state index in [2.05, 4.69) is 0 Å². The van der Waals surface area contributed by atoms with Gasteiger partial charge in [0.25, 0.3) is 0 Å². The zero-order chi connectivity index (χ0) is 18.9. The Morgan fingerprint density at radius 2 is 1.33 bits per heavy atom. The topological polar surface area (TPSA) is 78.6 Å². The first-order chi connectivity index (χ1) is 11.0. The van der Waals surface area contributed by atoms with E-state index in [-0.39, 0.29) is 41.1 Å². The maximum absolute atomic E-state index is 12.0. The molecule has 0 aliphatic rings. The van der Waals surface area contributed by atoms with Crippen molar-refractivity contribution in [3.8, 4) is 0 Å². The summed E-state index contributed by atoms with van der Waals surface area (Å²) in [4.78, 5) is 23.7. The van der Waals surface area contributed by atoms with E-state index in [9.17, 15) is 9.59 Å². The summed E-state index contributed by atoms with van der Waals surface area (Å²) in [5, 5.41) is 0. The first-order valence-corrected chi connectivity index (χ1v) is 9.08. The van der Waals surface area contributed by atoms with E-state index >= 15 is 0 Å². The number of nitrogens with two attached hydrogens (primary N) is 1. The molecule has 24 heavy (non-hydrogen) atoms. The lowest BCUT2D eigenvalue weighted by molar-refractivity contribution is -0.150. The fourth-order valence-electron chi connectivity index (χ4n) is 2.60. The van der Waals surface area contributed by atoms with Crippen LogP contribution in [0.4, 0.5) is 0 Å². The summed E-state index contributed by atoms with van der Waals surface area (Å²) < 4.78 is 10.7. The highest BCUT2D eigenvalue weighted by Crippen LogP contribution is 2.17. The molecule has 0 radical (unpaired) electrons. The molecule has 142 valence electrons. The van der Waals surface area contributed by atoms with Crippen LogP contribution in [0.5, 0.6) is 0 Å². The van der Waals surface area contributed by atoms with Crippen molar-refractivity contribution >= 4 is 11.9 Å². The van der Waals surface area contributed by atoms with Crippen molar-refractivity contribution in [3.63, 3.8) is 0 Å². The van der Waals surface area contributed by atoms with Crippen molar-refractivity contribution in [1.82, 2.24) is 0 Å². The van der Waals surface area contributed by atoms with Crippen LogP contribution in [0.3, 0.4) is 0 Å². The van der Waals surface area contributed by atoms with Crippen molar-refractivity contribution in [2.24, 2.45) is 29.4 Å². The molecule has 0 aromatic carbocycles. The average molecular weight is 344 g/mol. The summed E-state index contributed by atoms with van der Waals surface area (Å²) in [7, 11) is 0. The molecule has 5 heteroatoms. The third-order valence-corrected chi connectivity index (χ3v) is 4.07. The Kier molecular flexibility index (Phi) is 10.2. The number of carbonyl (C=O) groups is 2. The first-order valence-electron chi connectivity index (χ1n) is 9.08. The fourth-order valence-corrected chi connectivity index (χ4v) is 2.60. The number of esters is 2. The van der Waals surface area contributed by atoms with E-state index in [1.807, 2.05) is 48.5 Å². The van der Waals surface area contributed by atoms with Crippen LogP contribution in [0.2, 0.25) is 0 Å². The number of carbonyl (C=O) groups excluding carboxylic acids is 2. The predicted octanol–water partition coefficient (Wildman–Crippen LogP) is 3.54. The first kappa shape index (κ1) is 22.9. The zero-order valence-electron chi connectivity index (χ0n) is 16.6. The van der Waals surface area contributed by atoms with Crippen LogP contribution in [0.1, 0.15) is 67.7 Å². The molecule has 0 aliphatic carbocycles. The smallest absolute Gasteiger partial charge is 0.308 e. The Morgan fingerprint density at radius 3 is 1.71 bits per heavy atom. The van der Waals surface area contributed by atoms with Gasteiger partial charge < -0.3 is 15.2 Å². The molecule has 0 heterocycles. The molecule has 0 saturated heterocycles. The summed E-state index contributed by atoms with van der Waals surface area (Å²) in [6.07, 6.45) is 2.23. The van der Waals surface area contributed by atoms with Gasteiger partial charge in [0.1, 0.15) is 0 Å².